The summed E-state index contributed by atoms with van der Waals surface area (Å²) in [6.45, 7) is 0.552. The van der Waals surface area contributed by atoms with E-state index < -0.39 is 42.8 Å². The Labute approximate surface area is 245 Å². The molecule has 2 atom stereocenters. The first-order valence-electron chi connectivity index (χ1n) is 13.2. The Kier molecular flexibility index (Phi) is 7.18. The van der Waals surface area contributed by atoms with E-state index in [2.05, 4.69) is 30.2 Å². The zero-order chi connectivity index (χ0) is 31.2. The van der Waals surface area contributed by atoms with E-state index in [9.17, 15) is 31.9 Å². The standard InChI is InChI=1S/C28H22F4N8O4/c1-15(41)26-19-9-16(17-11-33-23-7-8-34-40(23)12-17)5-6-20(19)39(37-26)14-25(42)38-13-18(29)10-21(38)27(43)36-22-3-2-4-24(35-22)44-28(30,31)32/h2-9,11-12,18,21H,10,13-14H2,1H3,(H,35,36,43)/t18-,21+/m1/s1. The number of ketones is 1. The number of likely N-dealkylation sites (tertiary alicyclic amines) is 1. The average Bonchev–Trinajstić information content (AvgIpc) is 3.68. The Bertz CT molecular complexity index is 1920. The predicted octanol–water partition coefficient (Wildman–Crippen LogP) is 3.82. The van der Waals surface area contributed by atoms with Gasteiger partial charge in [0, 0.05) is 48.8 Å². The molecule has 0 spiro atoms. The SMILES string of the molecule is CC(=O)c1nn(CC(=O)N2C[C@H](F)C[C@H]2C(=O)Nc2cccc(OC(F)(F)F)n2)c2ccc(-c3cnc4ccnn4c3)cc12. The van der Waals surface area contributed by atoms with Gasteiger partial charge in [0.15, 0.2) is 11.4 Å². The third kappa shape index (κ3) is 5.77. The van der Waals surface area contributed by atoms with Crippen molar-refractivity contribution in [3.63, 3.8) is 0 Å². The summed E-state index contributed by atoms with van der Waals surface area (Å²) in [5.74, 6) is -2.90. The summed E-state index contributed by atoms with van der Waals surface area (Å²) in [6.07, 6.45) is -1.77. The number of carbonyl (C=O) groups is 3. The minimum Gasteiger partial charge on any atom is -0.388 e. The highest BCUT2D eigenvalue weighted by Gasteiger charge is 2.40. The summed E-state index contributed by atoms with van der Waals surface area (Å²) in [5, 5.41) is 11.3. The lowest BCUT2D eigenvalue weighted by molar-refractivity contribution is -0.276. The van der Waals surface area contributed by atoms with Gasteiger partial charge in [-0.25, -0.2) is 13.9 Å². The first kappa shape index (κ1) is 28.7. The summed E-state index contributed by atoms with van der Waals surface area (Å²) in [7, 11) is 0. The Hall–Kier alpha value is -5.41. The van der Waals surface area contributed by atoms with Crippen LogP contribution >= 0.6 is 0 Å². The van der Waals surface area contributed by atoms with E-state index in [0.717, 1.165) is 22.1 Å². The largest absolute Gasteiger partial charge is 0.574 e. The number of alkyl halides is 4. The monoisotopic (exact) mass is 610 g/mol. The van der Waals surface area contributed by atoms with Gasteiger partial charge in [-0.15, -0.1) is 13.2 Å². The number of ether oxygens (including phenoxy) is 1. The van der Waals surface area contributed by atoms with Crippen LogP contribution in [0, 0.1) is 0 Å². The summed E-state index contributed by atoms with van der Waals surface area (Å²) >= 11 is 0. The molecule has 5 heterocycles. The van der Waals surface area contributed by atoms with E-state index in [4.69, 9.17) is 0 Å². The molecule has 1 aliphatic rings. The molecule has 44 heavy (non-hydrogen) atoms. The average molecular weight is 611 g/mol. The molecule has 0 aliphatic carbocycles. The second kappa shape index (κ2) is 11.0. The lowest BCUT2D eigenvalue weighted by atomic mass is 10.0. The van der Waals surface area contributed by atoms with Crippen molar-refractivity contribution in [3.8, 4) is 17.0 Å². The van der Waals surface area contributed by atoms with Crippen molar-refractivity contribution in [1.29, 1.82) is 0 Å². The van der Waals surface area contributed by atoms with E-state index in [1.807, 2.05) is 0 Å². The normalized spacial score (nSPS) is 16.9. The molecule has 12 nitrogen and oxygen atoms in total. The number of Topliss-reactive ketones (excluding diaryl/α,β-unsaturated/α-hetero) is 1. The summed E-state index contributed by atoms with van der Waals surface area (Å²) < 4.78 is 58.9. The number of nitrogens with zero attached hydrogens (tertiary/aromatic N) is 7. The maximum Gasteiger partial charge on any atom is 0.574 e. The van der Waals surface area contributed by atoms with Crippen molar-refractivity contribution in [2.75, 3.05) is 11.9 Å². The molecule has 226 valence electrons. The Morgan fingerprint density at radius 2 is 1.93 bits per heavy atom. The van der Waals surface area contributed by atoms with E-state index in [1.54, 1.807) is 47.4 Å². The topological polar surface area (TPSA) is 137 Å². The molecule has 1 aliphatic heterocycles. The molecular formula is C28H22F4N8O4. The van der Waals surface area contributed by atoms with Gasteiger partial charge in [-0.1, -0.05) is 12.1 Å². The van der Waals surface area contributed by atoms with Crippen LogP contribution in [0.25, 0.3) is 27.7 Å². The number of pyridine rings is 1. The third-order valence-electron chi connectivity index (χ3n) is 7.02. The number of amides is 2. The number of nitrogens with one attached hydrogen (secondary N) is 1. The number of fused-ring (bicyclic) bond motifs is 2. The van der Waals surface area contributed by atoms with Crippen LogP contribution in [0.5, 0.6) is 5.88 Å². The van der Waals surface area contributed by atoms with Crippen LogP contribution in [0.1, 0.15) is 23.8 Å². The van der Waals surface area contributed by atoms with E-state index in [1.165, 1.54) is 23.7 Å². The predicted molar refractivity (Wildman–Crippen MR) is 146 cm³/mol. The van der Waals surface area contributed by atoms with Gasteiger partial charge in [0.2, 0.25) is 17.7 Å². The van der Waals surface area contributed by atoms with Gasteiger partial charge in [-0.2, -0.15) is 15.2 Å². The molecule has 1 saturated heterocycles. The third-order valence-corrected chi connectivity index (χ3v) is 7.02. The quantitative estimate of drug-likeness (QED) is 0.217. The highest BCUT2D eigenvalue weighted by atomic mass is 19.4. The molecule has 1 fully saturated rings. The van der Waals surface area contributed by atoms with Crippen molar-refractivity contribution in [2.45, 2.75) is 38.5 Å². The van der Waals surface area contributed by atoms with Gasteiger partial charge >= 0.3 is 6.36 Å². The molecule has 1 aromatic carbocycles. The van der Waals surface area contributed by atoms with Gasteiger partial charge in [-0.3, -0.25) is 19.1 Å². The minimum atomic E-state index is -4.99. The van der Waals surface area contributed by atoms with Crippen LogP contribution in [-0.4, -0.2) is 77.0 Å². The summed E-state index contributed by atoms with van der Waals surface area (Å²) in [4.78, 5) is 47.9. The Balaban J connectivity index is 1.23. The van der Waals surface area contributed by atoms with Crippen molar-refractivity contribution in [3.05, 3.63) is 66.7 Å². The summed E-state index contributed by atoms with van der Waals surface area (Å²) in [5.41, 5.74) is 2.70. The van der Waals surface area contributed by atoms with E-state index in [-0.39, 0.29) is 30.3 Å². The zero-order valence-electron chi connectivity index (χ0n) is 22.8. The Morgan fingerprint density at radius 3 is 2.70 bits per heavy atom. The molecule has 6 rings (SSSR count). The number of halogens is 4. The highest BCUT2D eigenvalue weighted by molar-refractivity contribution is 6.06. The van der Waals surface area contributed by atoms with Crippen LogP contribution in [-0.2, 0) is 16.1 Å². The number of anilines is 1. The number of rotatable bonds is 7. The highest BCUT2D eigenvalue weighted by Crippen LogP contribution is 2.29. The molecule has 0 saturated carbocycles. The summed E-state index contributed by atoms with van der Waals surface area (Å²) in [6, 6.07) is 9.07. The maximum absolute atomic E-state index is 14.5. The lowest BCUT2D eigenvalue weighted by Crippen LogP contribution is -2.44. The van der Waals surface area contributed by atoms with Crippen LogP contribution in [0.2, 0.25) is 0 Å². The Morgan fingerprint density at radius 1 is 1.11 bits per heavy atom. The number of aromatic nitrogens is 6. The van der Waals surface area contributed by atoms with Crippen LogP contribution in [0.4, 0.5) is 23.4 Å². The molecule has 16 heteroatoms. The molecule has 0 unspecified atom stereocenters. The fourth-order valence-corrected chi connectivity index (χ4v) is 5.10. The fourth-order valence-electron chi connectivity index (χ4n) is 5.10. The van der Waals surface area contributed by atoms with Crippen molar-refractivity contribution >= 4 is 40.0 Å². The lowest BCUT2D eigenvalue weighted by Gasteiger charge is -2.23. The first-order valence-corrected chi connectivity index (χ1v) is 13.2. The molecule has 0 bridgehead atoms. The van der Waals surface area contributed by atoms with Crippen molar-refractivity contribution in [2.24, 2.45) is 0 Å². The number of hydrogen-bond donors (Lipinski definition) is 1. The van der Waals surface area contributed by atoms with Gasteiger partial charge in [0.05, 0.1) is 18.3 Å². The molecular weight excluding hydrogens is 588 g/mol. The van der Waals surface area contributed by atoms with Crippen LogP contribution in [0.3, 0.4) is 0 Å². The second-order valence-electron chi connectivity index (χ2n) is 10.1. The van der Waals surface area contributed by atoms with Gasteiger partial charge in [0.25, 0.3) is 0 Å². The van der Waals surface area contributed by atoms with Gasteiger partial charge < -0.3 is 15.0 Å². The second-order valence-corrected chi connectivity index (χ2v) is 10.1. The molecule has 1 N–H and O–H groups in total. The van der Waals surface area contributed by atoms with Crippen molar-refractivity contribution < 1.29 is 36.7 Å². The zero-order valence-corrected chi connectivity index (χ0v) is 22.8. The van der Waals surface area contributed by atoms with Crippen molar-refractivity contribution in [1.82, 2.24) is 34.3 Å². The number of hydrogen-bond acceptors (Lipinski definition) is 8. The van der Waals surface area contributed by atoms with Gasteiger partial charge in [-0.05, 0) is 23.8 Å². The maximum atomic E-state index is 14.5. The minimum absolute atomic E-state index is 0.119. The number of carbonyl (C=O) groups excluding carboxylic acids is 3. The number of benzene rings is 1. The smallest absolute Gasteiger partial charge is 0.388 e. The van der Waals surface area contributed by atoms with Crippen LogP contribution < -0.4 is 10.1 Å². The molecule has 5 aromatic rings. The molecule has 4 aromatic heterocycles. The van der Waals surface area contributed by atoms with E-state index in [0.29, 0.717) is 16.6 Å². The molecule has 0 radical (unpaired) electrons. The molecule has 2 amide bonds. The van der Waals surface area contributed by atoms with E-state index >= 15 is 0 Å². The van der Waals surface area contributed by atoms with Gasteiger partial charge in [0.1, 0.15) is 30.3 Å². The fraction of sp³-hybridized carbons (Fsp3) is 0.250. The van der Waals surface area contributed by atoms with Crippen LogP contribution in [0.15, 0.2) is 61.1 Å². The first-order chi connectivity index (χ1) is 20.9.